The number of carbonyl (C=O) groups excluding carboxylic acids is 1. The lowest BCUT2D eigenvalue weighted by Gasteiger charge is -2.08. The van der Waals surface area contributed by atoms with Crippen LogP contribution in [0.15, 0.2) is 65.8 Å². The van der Waals surface area contributed by atoms with Crippen molar-refractivity contribution in [1.29, 1.82) is 0 Å². The van der Waals surface area contributed by atoms with Gasteiger partial charge in [0, 0.05) is 18.7 Å². The van der Waals surface area contributed by atoms with E-state index in [0.29, 0.717) is 29.0 Å². The van der Waals surface area contributed by atoms with Gasteiger partial charge in [0.25, 0.3) is 5.56 Å². The molecule has 0 aliphatic rings. The molecule has 2 heterocycles. The third-order valence-corrected chi connectivity index (χ3v) is 4.65. The fraction of sp³-hybridized carbons (Fsp3) is 0.182. The van der Waals surface area contributed by atoms with E-state index in [-0.39, 0.29) is 30.2 Å². The van der Waals surface area contributed by atoms with Crippen LogP contribution in [0.5, 0.6) is 5.75 Å². The monoisotopic (exact) mass is 421 g/mol. The first-order valence-corrected chi connectivity index (χ1v) is 9.77. The predicted molar refractivity (Wildman–Crippen MR) is 114 cm³/mol. The minimum Gasteiger partial charge on any atom is -0.494 e. The van der Waals surface area contributed by atoms with E-state index in [9.17, 15) is 14.0 Å². The number of halogens is 1. The first-order valence-electron chi connectivity index (χ1n) is 9.77. The molecule has 9 heteroatoms. The van der Waals surface area contributed by atoms with Gasteiger partial charge in [0.05, 0.1) is 24.8 Å². The first kappa shape index (κ1) is 20.3. The fourth-order valence-electron chi connectivity index (χ4n) is 3.13. The number of hydrogen-bond acceptors (Lipinski definition) is 5. The molecule has 0 radical (unpaired) electrons. The van der Waals surface area contributed by atoms with Crippen molar-refractivity contribution >= 4 is 22.6 Å². The van der Waals surface area contributed by atoms with Crippen molar-refractivity contribution in [3.8, 4) is 11.4 Å². The lowest BCUT2D eigenvalue weighted by molar-refractivity contribution is -0.116. The summed E-state index contributed by atoms with van der Waals surface area (Å²) in [4.78, 5) is 29.3. The summed E-state index contributed by atoms with van der Waals surface area (Å²) < 4.78 is 21.4. The van der Waals surface area contributed by atoms with Crippen molar-refractivity contribution in [2.24, 2.45) is 0 Å². The zero-order valence-electron chi connectivity index (χ0n) is 16.8. The number of aromatic nitrogens is 4. The van der Waals surface area contributed by atoms with Crippen LogP contribution in [0.3, 0.4) is 0 Å². The van der Waals surface area contributed by atoms with Crippen LogP contribution in [0.2, 0.25) is 0 Å². The standard InChI is InChI=1S/C22H20FN5O3/c1-2-31-18-9-5-16(6-10-18)26-20(29)11-12-27-14-24-21-19(22(27)30)13-25-28(21)17-7-3-15(23)4-8-17/h3-10,13-14H,2,11-12H2,1H3,(H,26,29). The topological polar surface area (TPSA) is 91.0 Å². The largest absolute Gasteiger partial charge is 0.494 e. The summed E-state index contributed by atoms with van der Waals surface area (Å²) >= 11 is 0. The normalized spacial score (nSPS) is 10.9. The van der Waals surface area contributed by atoms with E-state index >= 15 is 0 Å². The number of hydrogen-bond donors (Lipinski definition) is 1. The van der Waals surface area contributed by atoms with Gasteiger partial charge in [-0.25, -0.2) is 14.1 Å². The first-order chi connectivity index (χ1) is 15.0. The van der Waals surface area contributed by atoms with Crippen LogP contribution in [-0.4, -0.2) is 31.8 Å². The van der Waals surface area contributed by atoms with Crippen LogP contribution >= 0.6 is 0 Å². The van der Waals surface area contributed by atoms with E-state index in [1.165, 1.54) is 33.9 Å². The number of fused-ring (bicyclic) bond motifs is 1. The summed E-state index contributed by atoms with van der Waals surface area (Å²) in [6, 6.07) is 12.8. The number of nitrogens with one attached hydrogen (secondary N) is 1. The van der Waals surface area contributed by atoms with Crippen molar-refractivity contribution in [2.45, 2.75) is 19.9 Å². The number of ether oxygens (including phenoxy) is 1. The van der Waals surface area contributed by atoms with Gasteiger partial charge >= 0.3 is 0 Å². The Labute approximate surface area is 176 Å². The van der Waals surface area contributed by atoms with Crippen LogP contribution in [0.25, 0.3) is 16.7 Å². The second-order valence-corrected chi connectivity index (χ2v) is 6.77. The predicted octanol–water partition coefficient (Wildman–Crippen LogP) is 3.15. The van der Waals surface area contributed by atoms with Gasteiger partial charge in [0.15, 0.2) is 5.65 Å². The molecule has 0 saturated carbocycles. The highest BCUT2D eigenvalue weighted by Gasteiger charge is 2.12. The molecule has 0 bridgehead atoms. The molecule has 158 valence electrons. The Balaban J connectivity index is 1.45. The van der Waals surface area contributed by atoms with E-state index < -0.39 is 0 Å². The van der Waals surface area contributed by atoms with Crippen LogP contribution < -0.4 is 15.6 Å². The Bertz CT molecular complexity index is 1260. The summed E-state index contributed by atoms with van der Waals surface area (Å²) in [5.41, 5.74) is 1.31. The highest BCUT2D eigenvalue weighted by atomic mass is 19.1. The minimum absolute atomic E-state index is 0.104. The molecule has 4 rings (SSSR count). The number of benzene rings is 2. The Morgan fingerprint density at radius 1 is 1.13 bits per heavy atom. The summed E-state index contributed by atoms with van der Waals surface area (Å²) in [5.74, 6) is 0.143. The number of carbonyl (C=O) groups is 1. The molecular formula is C22H20FN5O3. The van der Waals surface area contributed by atoms with Gasteiger partial charge in [-0.2, -0.15) is 5.10 Å². The molecule has 0 saturated heterocycles. The Morgan fingerprint density at radius 3 is 2.58 bits per heavy atom. The molecule has 0 aliphatic heterocycles. The smallest absolute Gasteiger partial charge is 0.264 e. The van der Waals surface area contributed by atoms with Crippen molar-refractivity contribution in [3.63, 3.8) is 0 Å². The Morgan fingerprint density at radius 2 is 1.87 bits per heavy atom. The molecular weight excluding hydrogens is 401 g/mol. The average molecular weight is 421 g/mol. The molecule has 4 aromatic rings. The molecule has 8 nitrogen and oxygen atoms in total. The van der Waals surface area contributed by atoms with Crippen molar-refractivity contribution in [2.75, 3.05) is 11.9 Å². The van der Waals surface area contributed by atoms with Gasteiger partial charge in [-0.3, -0.25) is 14.2 Å². The second kappa shape index (κ2) is 8.78. The molecule has 0 atom stereocenters. The maximum Gasteiger partial charge on any atom is 0.264 e. The number of amides is 1. The van der Waals surface area contributed by atoms with Crippen molar-refractivity contribution in [3.05, 3.63) is 77.2 Å². The van der Waals surface area contributed by atoms with Gasteiger partial charge in [0.2, 0.25) is 5.91 Å². The Kier molecular flexibility index (Phi) is 5.74. The van der Waals surface area contributed by atoms with Crippen molar-refractivity contribution < 1.29 is 13.9 Å². The summed E-state index contributed by atoms with van der Waals surface area (Å²) in [7, 11) is 0. The highest BCUT2D eigenvalue weighted by Crippen LogP contribution is 2.16. The molecule has 1 N–H and O–H groups in total. The molecule has 0 aliphatic carbocycles. The van der Waals surface area contributed by atoms with Crippen molar-refractivity contribution in [1.82, 2.24) is 19.3 Å². The van der Waals surface area contributed by atoms with Crippen LogP contribution in [-0.2, 0) is 11.3 Å². The lowest BCUT2D eigenvalue weighted by atomic mass is 10.3. The van der Waals surface area contributed by atoms with E-state index in [2.05, 4.69) is 15.4 Å². The molecule has 0 fully saturated rings. The number of nitrogens with zero attached hydrogens (tertiary/aromatic N) is 4. The number of rotatable bonds is 7. The van der Waals surface area contributed by atoms with E-state index in [1.54, 1.807) is 36.4 Å². The molecule has 0 spiro atoms. The zero-order valence-corrected chi connectivity index (χ0v) is 16.8. The average Bonchev–Trinajstić information content (AvgIpc) is 3.20. The highest BCUT2D eigenvalue weighted by molar-refractivity contribution is 5.90. The number of anilines is 1. The third-order valence-electron chi connectivity index (χ3n) is 4.65. The SMILES string of the molecule is CCOc1ccc(NC(=O)CCn2cnc3c(cnn3-c3ccc(F)cc3)c2=O)cc1. The lowest BCUT2D eigenvalue weighted by Crippen LogP contribution is -2.23. The molecule has 0 unspecified atom stereocenters. The van der Waals surface area contributed by atoms with E-state index in [4.69, 9.17) is 4.74 Å². The second-order valence-electron chi connectivity index (χ2n) is 6.77. The minimum atomic E-state index is -0.362. The molecule has 2 aromatic heterocycles. The van der Waals surface area contributed by atoms with Gasteiger partial charge in [-0.1, -0.05) is 0 Å². The third kappa shape index (κ3) is 4.45. The van der Waals surface area contributed by atoms with Gasteiger partial charge in [0.1, 0.15) is 17.0 Å². The van der Waals surface area contributed by atoms with Gasteiger partial charge < -0.3 is 10.1 Å². The van der Waals surface area contributed by atoms with Crippen LogP contribution in [0.4, 0.5) is 10.1 Å². The molecule has 31 heavy (non-hydrogen) atoms. The fourth-order valence-corrected chi connectivity index (χ4v) is 3.13. The van der Waals surface area contributed by atoms with Crippen LogP contribution in [0, 0.1) is 5.82 Å². The summed E-state index contributed by atoms with van der Waals surface area (Å²) in [6.07, 6.45) is 2.91. The maximum absolute atomic E-state index is 13.2. The Hall–Kier alpha value is -4.01. The zero-order chi connectivity index (χ0) is 21.8. The maximum atomic E-state index is 13.2. The summed E-state index contributed by atoms with van der Waals surface area (Å²) in [6.45, 7) is 2.64. The van der Waals surface area contributed by atoms with E-state index in [0.717, 1.165) is 5.75 Å². The molecule has 1 amide bonds. The molecule has 2 aromatic carbocycles. The summed E-state index contributed by atoms with van der Waals surface area (Å²) in [5, 5.41) is 7.31. The van der Waals surface area contributed by atoms with E-state index in [1.807, 2.05) is 6.92 Å². The van der Waals surface area contributed by atoms with Gasteiger partial charge in [-0.15, -0.1) is 0 Å². The van der Waals surface area contributed by atoms with Crippen LogP contribution in [0.1, 0.15) is 13.3 Å². The van der Waals surface area contributed by atoms with Gasteiger partial charge in [-0.05, 0) is 55.5 Å². The quantitative estimate of drug-likeness (QED) is 0.495. The number of aryl methyl sites for hydroxylation is 1.